The van der Waals surface area contributed by atoms with E-state index in [0.29, 0.717) is 10.9 Å². The van der Waals surface area contributed by atoms with E-state index in [4.69, 9.17) is 5.11 Å². The third kappa shape index (κ3) is 1.59. The van der Waals surface area contributed by atoms with Crippen molar-refractivity contribution < 1.29 is 9.90 Å². The average Bonchev–Trinajstić information content (AvgIpc) is 2.44. The minimum Gasteiger partial charge on any atom is -0.478 e. The van der Waals surface area contributed by atoms with E-state index in [1.807, 2.05) is 0 Å². The number of nitrogens with zero attached hydrogens (tertiary/aromatic N) is 2. The Hall–Kier alpha value is -2.69. The number of pyridine rings is 2. The van der Waals surface area contributed by atoms with Gasteiger partial charge < -0.3 is 9.67 Å². The maximum absolute atomic E-state index is 12.2. The van der Waals surface area contributed by atoms with Gasteiger partial charge in [0.05, 0.1) is 16.5 Å². The molecule has 19 heavy (non-hydrogen) atoms. The number of aryl methyl sites for hydroxylation is 1. The second-order valence-corrected chi connectivity index (χ2v) is 4.32. The Bertz CT molecular complexity index is 881. The molecule has 0 saturated heterocycles. The van der Waals surface area contributed by atoms with Crippen LogP contribution in [0.25, 0.3) is 21.7 Å². The fourth-order valence-electron chi connectivity index (χ4n) is 2.26. The number of carboxylic acid groups (broad SMARTS) is 1. The Labute approximate surface area is 107 Å². The second kappa shape index (κ2) is 3.91. The molecule has 0 bridgehead atoms. The van der Waals surface area contributed by atoms with Crippen LogP contribution in [0.2, 0.25) is 0 Å². The summed E-state index contributed by atoms with van der Waals surface area (Å²) in [6.07, 6.45) is 3.15. The first-order chi connectivity index (χ1) is 9.09. The van der Waals surface area contributed by atoms with E-state index in [-0.39, 0.29) is 11.1 Å². The molecule has 5 heteroatoms. The maximum atomic E-state index is 12.2. The molecule has 0 aliphatic rings. The number of hydrogen-bond acceptors (Lipinski definition) is 3. The quantitative estimate of drug-likeness (QED) is 0.672. The summed E-state index contributed by atoms with van der Waals surface area (Å²) in [5.74, 6) is -1.01. The van der Waals surface area contributed by atoms with E-state index in [0.717, 1.165) is 10.8 Å². The summed E-state index contributed by atoms with van der Waals surface area (Å²) in [5, 5.41) is 11.2. The summed E-state index contributed by atoms with van der Waals surface area (Å²) in [4.78, 5) is 27.2. The van der Waals surface area contributed by atoms with E-state index in [2.05, 4.69) is 4.98 Å². The monoisotopic (exact) mass is 254 g/mol. The smallest absolute Gasteiger partial charge is 0.335 e. The van der Waals surface area contributed by atoms with Crippen molar-refractivity contribution in [3.05, 3.63) is 52.6 Å². The predicted octanol–water partition coefficient (Wildman–Crippen LogP) is 1.78. The van der Waals surface area contributed by atoms with Crippen LogP contribution in [0.5, 0.6) is 0 Å². The number of carbonyl (C=O) groups is 1. The molecule has 2 heterocycles. The first-order valence-electron chi connectivity index (χ1n) is 5.69. The van der Waals surface area contributed by atoms with Crippen molar-refractivity contribution in [2.75, 3.05) is 0 Å². The number of rotatable bonds is 1. The lowest BCUT2D eigenvalue weighted by Crippen LogP contribution is -2.17. The molecular weight excluding hydrogens is 244 g/mol. The van der Waals surface area contributed by atoms with Gasteiger partial charge in [-0.2, -0.15) is 0 Å². The van der Waals surface area contributed by atoms with Crippen molar-refractivity contribution in [2.45, 2.75) is 0 Å². The molecule has 0 aliphatic heterocycles. The van der Waals surface area contributed by atoms with Crippen LogP contribution in [0.3, 0.4) is 0 Å². The lowest BCUT2D eigenvalue weighted by Gasteiger charge is -2.09. The van der Waals surface area contributed by atoms with Gasteiger partial charge in [-0.25, -0.2) is 4.79 Å². The highest BCUT2D eigenvalue weighted by molar-refractivity contribution is 6.06. The Kier molecular flexibility index (Phi) is 2.35. The molecule has 0 fully saturated rings. The van der Waals surface area contributed by atoms with Gasteiger partial charge in [0.25, 0.3) is 5.56 Å². The van der Waals surface area contributed by atoms with E-state index in [9.17, 15) is 9.59 Å². The summed E-state index contributed by atoms with van der Waals surface area (Å²) < 4.78 is 1.45. The van der Waals surface area contributed by atoms with E-state index < -0.39 is 5.97 Å². The van der Waals surface area contributed by atoms with Gasteiger partial charge in [0.1, 0.15) is 0 Å². The molecule has 0 saturated carbocycles. The third-order valence-electron chi connectivity index (χ3n) is 3.25. The van der Waals surface area contributed by atoms with Crippen molar-refractivity contribution in [1.82, 2.24) is 9.55 Å². The average molecular weight is 254 g/mol. The Morgan fingerprint density at radius 3 is 2.74 bits per heavy atom. The molecule has 0 unspecified atom stereocenters. The first kappa shape index (κ1) is 11.4. The highest BCUT2D eigenvalue weighted by atomic mass is 16.4. The predicted molar refractivity (Wildman–Crippen MR) is 71.4 cm³/mol. The van der Waals surface area contributed by atoms with Crippen molar-refractivity contribution in [3.63, 3.8) is 0 Å². The standard InChI is InChI=1S/C14H10N2O3/c1-16-12-6-8(14(18)19)2-3-10(12)9-4-5-15-7-11(9)13(16)17/h2-7H,1H3,(H,18,19). The zero-order chi connectivity index (χ0) is 13.6. The highest BCUT2D eigenvalue weighted by Gasteiger charge is 2.11. The number of hydrogen-bond donors (Lipinski definition) is 1. The maximum Gasteiger partial charge on any atom is 0.335 e. The Morgan fingerprint density at radius 2 is 2.00 bits per heavy atom. The molecule has 1 N–H and O–H groups in total. The molecule has 2 aromatic heterocycles. The van der Waals surface area contributed by atoms with Gasteiger partial charge in [0.2, 0.25) is 0 Å². The minimum absolute atomic E-state index is 0.163. The van der Waals surface area contributed by atoms with Crippen LogP contribution in [0.4, 0.5) is 0 Å². The second-order valence-electron chi connectivity index (χ2n) is 4.32. The van der Waals surface area contributed by atoms with E-state index in [1.54, 1.807) is 25.4 Å². The molecule has 1 aromatic carbocycles. The van der Waals surface area contributed by atoms with Crippen LogP contribution in [0.1, 0.15) is 10.4 Å². The zero-order valence-electron chi connectivity index (χ0n) is 10.1. The molecule has 0 amide bonds. The summed E-state index contributed by atoms with van der Waals surface area (Å²) in [5.41, 5.74) is 0.581. The van der Waals surface area contributed by atoms with Crippen LogP contribution in [0, 0.1) is 0 Å². The van der Waals surface area contributed by atoms with Crippen molar-refractivity contribution in [1.29, 1.82) is 0 Å². The van der Waals surface area contributed by atoms with E-state index >= 15 is 0 Å². The SMILES string of the molecule is Cn1c(=O)c2cnccc2c2ccc(C(=O)O)cc21. The molecule has 0 spiro atoms. The molecule has 0 aliphatic carbocycles. The van der Waals surface area contributed by atoms with Gasteiger partial charge in [0, 0.05) is 24.8 Å². The van der Waals surface area contributed by atoms with E-state index in [1.165, 1.54) is 22.9 Å². The number of aromatic carboxylic acids is 1. The van der Waals surface area contributed by atoms with Gasteiger partial charge in [-0.05, 0) is 23.6 Å². The normalized spacial score (nSPS) is 11.0. The topological polar surface area (TPSA) is 72.2 Å². The van der Waals surface area contributed by atoms with Gasteiger partial charge in [-0.1, -0.05) is 6.07 Å². The molecule has 94 valence electrons. The van der Waals surface area contributed by atoms with Crippen molar-refractivity contribution >= 4 is 27.6 Å². The fourth-order valence-corrected chi connectivity index (χ4v) is 2.26. The number of benzene rings is 1. The molecule has 5 nitrogen and oxygen atoms in total. The van der Waals surface area contributed by atoms with Crippen LogP contribution in [0.15, 0.2) is 41.5 Å². The summed E-state index contributed by atoms with van der Waals surface area (Å²) in [7, 11) is 1.63. The lowest BCUT2D eigenvalue weighted by atomic mass is 10.1. The Morgan fingerprint density at radius 1 is 1.21 bits per heavy atom. The summed E-state index contributed by atoms with van der Waals surface area (Å²) in [6, 6.07) is 6.54. The van der Waals surface area contributed by atoms with Crippen LogP contribution >= 0.6 is 0 Å². The van der Waals surface area contributed by atoms with Gasteiger partial charge in [-0.3, -0.25) is 9.78 Å². The third-order valence-corrected chi connectivity index (χ3v) is 3.25. The minimum atomic E-state index is -1.01. The summed E-state index contributed by atoms with van der Waals surface area (Å²) >= 11 is 0. The van der Waals surface area contributed by atoms with Gasteiger partial charge >= 0.3 is 5.97 Å². The molecule has 0 atom stereocenters. The molecule has 0 radical (unpaired) electrons. The van der Waals surface area contributed by atoms with Crippen molar-refractivity contribution in [2.24, 2.45) is 7.05 Å². The van der Waals surface area contributed by atoms with Crippen LogP contribution in [-0.2, 0) is 7.05 Å². The first-order valence-corrected chi connectivity index (χ1v) is 5.69. The molecule has 3 aromatic rings. The number of aromatic nitrogens is 2. The van der Waals surface area contributed by atoms with Gasteiger partial charge in [0.15, 0.2) is 0 Å². The zero-order valence-corrected chi connectivity index (χ0v) is 10.1. The highest BCUT2D eigenvalue weighted by Crippen LogP contribution is 2.22. The fraction of sp³-hybridized carbons (Fsp3) is 0.0714. The number of fused-ring (bicyclic) bond motifs is 3. The van der Waals surface area contributed by atoms with Crippen molar-refractivity contribution in [3.8, 4) is 0 Å². The van der Waals surface area contributed by atoms with Crippen LogP contribution < -0.4 is 5.56 Å². The van der Waals surface area contributed by atoms with Gasteiger partial charge in [-0.15, -0.1) is 0 Å². The Balaban J connectivity index is 2.58. The molecule has 3 rings (SSSR count). The molecular formula is C14H10N2O3. The number of carboxylic acids is 1. The summed E-state index contributed by atoms with van der Waals surface area (Å²) in [6.45, 7) is 0. The van der Waals surface area contributed by atoms with Crippen LogP contribution in [-0.4, -0.2) is 20.6 Å². The lowest BCUT2D eigenvalue weighted by molar-refractivity contribution is 0.0697. The largest absolute Gasteiger partial charge is 0.478 e.